The van der Waals surface area contributed by atoms with E-state index in [0.717, 1.165) is 44.8 Å². The molecule has 3 atom stereocenters. The van der Waals surface area contributed by atoms with Crippen LogP contribution in [0.25, 0.3) is 0 Å². The van der Waals surface area contributed by atoms with Gasteiger partial charge in [0.05, 0.1) is 24.0 Å². The molecule has 7 nitrogen and oxygen atoms in total. The Morgan fingerprint density at radius 1 is 1.23 bits per heavy atom. The van der Waals surface area contributed by atoms with E-state index in [1.165, 1.54) is 12.8 Å². The van der Waals surface area contributed by atoms with Gasteiger partial charge in [-0.1, -0.05) is 6.92 Å². The van der Waals surface area contributed by atoms with Gasteiger partial charge in [-0.25, -0.2) is 8.42 Å². The predicted molar refractivity (Wildman–Crippen MR) is 118 cm³/mol. The monoisotopic (exact) mass is 434 g/mol. The minimum Gasteiger partial charge on any atom is -0.494 e. The second kappa shape index (κ2) is 10.6. The Labute approximate surface area is 180 Å². The van der Waals surface area contributed by atoms with Crippen LogP contribution in [0.4, 0.5) is 0 Å². The fraction of sp³-hybridized carbons (Fsp3) is 0.682. The first kappa shape index (κ1) is 23.0. The van der Waals surface area contributed by atoms with Crippen LogP contribution in [0.3, 0.4) is 0 Å². The second-order valence-electron chi connectivity index (χ2n) is 8.46. The highest BCUT2D eigenvalue weighted by atomic mass is 32.2. The lowest BCUT2D eigenvalue weighted by atomic mass is 10.1. The van der Waals surface area contributed by atoms with Crippen molar-refractivity contribution in [2.24, 2.45) is 5.73 Å². The molecule has 1 aromatic rings. The van der Waals surface area contributed by atoms with E-state index in [0.29, 0.717) is 30.0 Å². The Bertz CT molecular complexity index is 808. The topological polar surface area (TPSA) is 99.7 Å². The first-order valence-corrected chi connectivity index (χ1v) is 12.8. The van der Waals surface area contributed by atoms with Crippen LogP contribution < -0.4 is 10.5 Å². The number of nitriles is 1. The third-order valence-corrected chi connectivity index (χ3v) is 8.06. The van der Waals surface area contributed by atoms with Crippen LogP contribution in [-0.2, 0) is 9.84 Å². The standard InChI is InChI=1S/C22H34N4O3S/c1-2-30(27,28)13-3-11-25-16-20-6-7-21(17-25)26(20)15-19(24)10-12-29-22-8-4-18(14-23)5-9-22/h4-5,8-9,19-21H,2-3,6-7,10-13,15-17,24H2,1H3. The summed E-state index contributed by atoms with van der Waals surface area (Å²) in [6.45, 7) is 6.05. The maximum Gasteiger partial charge on any atom is 0.150 e. The Balaban J connectivity index is 1.38. The smallest absolute Gasteiger partial charge is 0.150 e. The predicted octanol–water partition coefficient (Wildman–Crippen LogP) is 1.63. The summed E-state index contributed by atoms with van der Waals surface area (Å²) in [5.41, 5.74) is 7.03. The summed E-state index contributed by atoms with van der Waals surface area (Å²) in [7, 11) is -2.87. The van der Waals surface area contributed by atoms with E-state index in [1.807, 2.05) is 12.1 Å². The molecule has 2 N–H and O–H groups in total. The van der Waals surface area contributed by atoms with E-state index in [4.69, 9.17) is 15.7 Å². The number of piperazine rings is 1. The quantitative estimate of drug-likeness (QED) is 0.565. The summed E-state index contributed by atoms with van der Waals surface area (Å²) < 4.78 is 29.2. The molecule has 3 rings (SSSR count). The molecule has 3 unspecified atom stereocenters. The van der Waals surface area contributed by atoms with Crippen LogP contribution in [0.15, 0.2) is 24.3 Å². The molecule has 0 amide bonds. The van der Waals surface area contributed by atoms with Crippen LogP contribution in [0.1, 0.15) is 38.2 Å². The molecule has 0 aliphatic carbocycles. The summed E-state index contributed by atoms with van der Waals surface area (Å²) >= 11 is 0. The van der Waals surface area contributed by atoms with Crippen molar-refractivity contribution in [3.05, 3.63) is 29.8 Å². The first-order valence-electron chi connectivity index (χ1n) is 11.0. The number of fused-ring (bicyclic) bond motifs is 2. The zero-order valence-corrected chi connectivity index (χ0v) is 18.7. The van der Waals surface area contributed by atoms with Crippen molar-refractivity contribution in [3.63, 3.8) is 0 Å². The number of likely N-dealkylation sites (tertiary alicyclic amines) is 1. The molecular formula is C22H34N4O3S. The Morgan fingerprint density at radius 2 is 1.90 bits per heavy atom. The van der Waals surface area contributed by atoms with Crippen LogP contribution in [0.2, 0.25) is 0 Å². The van der Waals surface area contributed by atoms with Crippen LogP contribution in [-0.4, -0.2) is 80.6 Å². The summed E-state index contributed by atoms with van der Waals surface area (Å²) in [5.74, 6) is 1.29. The number of benzene rings is 1. The largest absolute Gasteiger partial charge is 0.494 e. The van der Waals surface area contributed by atoms with E-state index in [-0.39, 0.29) is 11.8 Å². The summed E-state index contributed by atoms with van der Waals surface area (Å²) in [6.07, 6.45) is 3.90. The Kier molecular flexibility index (Phi) is 8.12. The number of ether oxygens (including phenoxy) is 1. The van der Waals surface area contributed by atoms with Gasteiger partial charge >= 0.3 is 0 Å². The van der Waals surface area contributed by atoms with Crippen molar-refractivity contribution in [1.82, 2.24) is 9.80 Å². The molecule has 2 aliphatic heterocycles. The molecule has 0 saturated carbocycles. The van der Waals surface area contributed by atoms with Crippen molar-refractivity contribution in [2.75, 3.05) is 44.3 Å². The van der Waals surface area contributed by atoms with Crippen molar-refractivity contribution in [3.8, 4) is 11.8 Å². The SMILES string of the molecule is CCS(=O)(=O)CCCN1CC2CCC(C1)N2CC(N)CCOc1ccc(C#N)cc1. The highest BCUT2D eigenvalue weighted by Gasteiger charge is 2.39. The molecule has 166 valence electrons. The van der Waals surface area contributed by atoms with Gasteiger partial charge in [0, 0.05) is 43.5 Å². The number of nitrogens with two attached hydrogens (primary N) is 1. The first-order chi connectivity index (χ1) is 14.4. The van der Waals surface area contributed by atoms with Gasteiger partial charge in [0.1, 0.15) is 15.6 Å². The number of rotatable bonds is 11. The number of hydrogen-bond acceptors (Lipinski definition) is 7. The third kappa shape index (κ3) is 6.42. The van der Waals surface area contributed by atoms with E-state index >= 15 is 0 Å². The number of sulfone groups is 1. The second-order valence-corrected chi connectivity index (χ2v) is 10.9. The highest BCUT2D eigenvalue weighted by Crippen LogP contribution is 2.30. The van der Waals surface area contributed by atoms with Crippen molar-refractivity contribution in [1.29, 1.82) is 5.26 Å². The van der Waals surface area contributed by atoms with Crippen molar-refractivity contribution in [2.45, 2.75) is 50.7 Å². The van der Waals surface area contributed by atoms with Gasteiger partial charge in [0.15, 0.2) is 0 Å². The maximum atomic E-state index is 11.7. The van der Waals surface area contributed by atoms with E-state index < -0.39 is 9.84 Å². The fourth-order valence-corrected chi connectivity index (χ4v) is 5.38. The van der Waals surface area contributed by atoms with Crippen LogP contribution >= 0.6 is 0 Å². The van der Waals surface area contributed by atoms with Gasteiger partial charge in [-0.05, 0) is 56.5 Å². The lowest BCUT2D eigenvalue weighted by molar-refractivity contribution is 0.0607. The van der Waals surface area contributed by atoms with E-state index in [2.05, 4.69) is 15.9 Å². The molecule has 1 aromatic carbocycles. The molecular weight excluding hydrogens is 400 g/mol. The average Bonchev–Trinajstić information content (AvgIpc) is 2.96. The molecule has 0 spiro atoms. The van der Waals surface area contributed by atoms with Gasteiger partial charge in [0.25, 0.3) is 0 Å². The molecule has 0 aromatic heterocycles. The molecule has 2 heterocycles. The van der Waals surface area contributed by atoms with Gasteiger partial charge in [0.2, 0.25) is 0 Å². The van der Waals surface area contributed by atoms with Gasteiger partial charge in [-0.2, -0.15) is 5.26 Å². The molecule has 2 saturated heterocycles. The molecule has 30 heavy (non-hydrogen) atoms. The fourth-order valence-electron chi connectivity index (χ4n) is 4.53. The van der Waals surface area contributed by atoms with E-state index in [9.17, 15) is 8.42 Å². The normalized spacial score (nSPS) is 23.2. The Hall–Kier alpha value is -1.66. The van der Waals surface area contributed by atoms with Crippen LogP contribution in [0, 0.1) is 11.3 Å². The number of nitrogens with zero attached hydrogens (tertiary/aromatic N) is 3. The van der Waals surface area contributed by atoms with Crippen LogP contribution in [0.5, 0.6) is 5.75 Å². The van der Waals surface area contributed by atoms with Gasteiger partial charge in [-0.15, -0.1) is 0 Å². The van der Waals surface area contributed by atoms with Crippen molar-refractivity contribution < 1.29 is 13.2 Å². The lowest BCUT2D eigenvalue weighted by Crippen LogP contribution is -2.56. The zero-order valence-electron chi connectivity index (χ0n) is 17.9. The highest BCUT2D eigenvalue weighted by molar-refractivity contribution is 7.91. The summed E-state index contributed by atoms with van der Waals surface area (Å²) in [5, 5.41) is 8.84. The van der Waals surface area contributed by atoms with Crippen molar-refractivity contribution >= 4 is 9.84 Å². The third-order valence-electron chi connectivity index (χ3n) is 6.26. The maximum absolute atomic E-state index is 11.7. The summed E-state index contributed by atoms with van der Waals surface area (Å²) in [6, 6.07) is 10.4. The zero-order chi connectivity index (χ0) is 21.6. The molecule has 2 bridgehead atoms. The average molecular weight is 435 g/mol. The molecule has 8 heteroatoms. The molecule has 2 aliphatic rings. The minimum absolute atomic E-state index is 0.0627. The molecule has 2 fully saturated rings. The molecule has 0 radical (unpaired) electrons. The van der Waals surface area contributed by atoms with Gasteiger partial charge in [-0.3, -0.25) is 4.90 Å². The van der Waals surface area contributed by atoms with E-state index in [1.54, 1.807) is 19.1 Å². The minimum atomic E-state index is -2.87. The Morgan fingerprint density at radius 3 is 2.50 bits per heavy atom. The lowest BCUT2D eigenvalue weighted by Gasteiger charge is -2.42. The number of hydrogen-bond donors (Lipinski definition) is 1. The summed E-state index contributed by atoms with van der Waals surface area (Å²) in [4.78, 5) is 5.00. The van der Waals surface area contributed by atoms with Gasteiger partial charge < -0.3 is 15.4 Å².